The third kappa shape index (κ3) is 3.17. The van der Waals surface area contributed by atoms with Crippen LogP contribution in [0.5, 0.6) is 0 Å². The van der Waals surface area contributed by atoms with Crippen LogP contribution in [0.2, 0.25) is 0 Å². The first-order chi connectivity index (χ1) is 8.56. The van der Waals surface area contributed by atoms with Gasteiger partial charge in [0.1, 0.15) is 5.82 Å². The number of halogens is 2. The molecule has 18 heavy (non-hydrogen) atoms. The summed E-state index contributed by atoms with van der Waals surface area (Å²) in [6.07, 6.45) is 3.83. The molecule has 2 aromatic rings. The summed E-state index contributed by atoms with van der Waals surface area (Å²) < 4.78 is 15.7. The van der Waals surface area contributed by atoms with Crippen molar-refractivity contribution in [3.63, 3.8) is 0 Å². The molecule has 0 atom stereocenters. The largest absolute Gasteiger partial charge is 0.298 e. The predicted octanol–water partition coefficient (Wildman–Crippen LogP) is 2.95. The molecule has 2 rings (SSSR count). The summed E-state index contributed by atoms with van der Waals surface area (Å²) in [6.45, 7) is 1.48. The van der Waals surface area contributed by atoms with E-state index in [4.69, 9.17) is 0 Å². The zero-order chi connectivity index (χ0) is 13.1. The van der Waals surface area contributed by atoms with E-state index in [9.17, 15) is 4.39 Å². The number of hydrogen-bond donors (Lipinski definition) is 0. The van der Waals surface area contributed by atoms with Crippen LogP contribution in [-0.2, 0) is 20.1 Å². The van der Waals surface area contributed by atoms with Crippen LogP contribution in [0.4, 0.5) is 4.39 Å². The van der Waals surface area contributed by atoms with E-state index in [2.05, 4.69) is 25.9 Å². The fraction of sp³-hybridized carbons (Fsp3) is 0.308. The highest BCUT2D eigenvalue weighted by atomic mass is 79.9. The monoisotopic (exact) mass is 311 g/mol. The topological polar surface area (TPSA) is 21.1 Å². The van der Waals surface area contributed by atoms with Gasteiger partial charge in [-0.3, -0.25) is 9.58 Å². The molecule has 0 N–H and O–H groups in total. The minimum absolute atomic E-state index is 0.220. The number of aryl methyl sites for hydroxylation is 1. The van der Waals surface area contributed by atoms with Gasteiger partial charge in [0.15, 0.2) is 0 Å². The fourth-order valence-electron chi connectivity index (χ4n) is 1.88. The molecule has 1 aromatic heterocycles. The molecule has 0 aliphatic heterocycles. The van der Waals surface area contributed by atoms with Crippen molar-refractivity contribution >= 4 is 15.9 Å². The van der Waals surface area contributed by atoms with Crippen LogP contribution in [0.3, 0.4) is 0 Å². The van der Waals surface area contributed by atoms with Crippen molar-refractivity contribution in [1.29, 1.82) is 0 Å². The van der Waals surface area contributed by atoms with Crippen LogP contribution in [0.25, 0.3) is 0 Å². The fourth-order valence-corrected chi connectivity index (χ4v) is 2.27. The van der Waals surface area contributed by atoms with E-state index in [1.54, 1.807) is 10.7 Å². The molecule has 0 radical (unpaired) electrons. The van der Waals surface area contributed by atoms with Gasteiger partial charge >= 0.3 is 0 Å². The molecule has 0 amide bonds. The van der Waals surface area contributed by atoms with Crippen LogP contribution < -0.4 is 0 Å². The number of nitrogens with zero attached hydrogens (tertiary/aromatic N) is 3. The molecule has 0 unspecified atom stereocenters. The summed E-state index contributed by atoms with van der Waals surface area (Å²) in [5, 5.41) is 4.13. The van der Waals surface area contributed by atoms with Crippen molar-refractivity contribution in [2.24, 2.45) is 7.05 Å². The first-order valence-electron chi connectivity index (χ1n) is 5.65. The van der Waals surface area contributed by atoms with E-state index in [-0.39, 0.29) is 5.82 Å². The molecular weight excluding hydrogens is 297 g/mol. The number of benzene rings is 1. The lowest BCUT2D eigenvalue weighted by atomic mass is 10.2. The third-order valence-electron chi connectivity index (χ3n) is 2.68. The molecule has 0 saturated heterocycles. The first-order valence-corrected chi connectivity index (χ1v) is 6.44. The van der Waals surface area contributed by atoms with Gasteiger partial charge in [-0.15, -0.1) is 0 Å². The molecule has 1 heterocycles. The van der Waals surface area contributed by atoms with E-state index in [0.717, 1.165) is 17.7 Å². The molecule has 0 aliphatic rings. The van der Waals surface area contributed by atoms with Gasteiger partial charge in [0, 0.05) is 31.9 Å². The van der Waals surface area contributed by atoms with Crippen molar-refractivity contribution < 1.29 is 4.39 Å². The maximum Gasteiger partial charge on any atom is 0.137 e. The van der Waals surface area contributed by atoms with Gasteiger partial charge in [-0.05, 0) is 34.6 Å². The smallest absolute Gasteiger partial charge is 0.137 e. The van der Waals surface area contributed by atoms with Crippen molar-refractivity contribution in [3.8, 4) is 0 Å². The Balaban J connectivity index is 2.03. The maximum absolute atomic E-state index is 13.4. The van der Waals surface area contributed by atoms with Gasteiger partial charge in [0.05, 0.1) is 10.7 Å². The van der Waals surface area contributed by atoms with E-state index >= 15 is 0 Å². The van der Waals surface area contributed by atoms with E-state index in [1.165, 1.54) is 6.07 Å². The third-order valence-corrected chi connectivity index (χ3v) is 3.57. The number of hydrogen-bond acceptors (Lipinski definition) is 2. The highest BCUT2D eigenvalue weighted by Gasteiger charge is 2.08. The average Bonchev–Trinajstić information content (AvgIpc) is 2.70. The lowest BCUT2D eigenvalue weighted by Crippen LogP contribution is -2.17. The normalized spacial score (nSPS) is 11.2. The van der Waals surface area contributed by atoms with Gasteiger partial charge in [-0.25, -0.2) is 4.39 Å². The summed E-state index contributed by atoms with van der Waals surface area (Å²) >= 11 is 3.28. The molecule has 96 valence electrons. The molecule has 0 saturated carbocycles. The number of rotatable bonds is 4. The molecular formula is C13H15BrFN3. The zero-order valence-corrected chi connectivity index (χ0v) is 12.0. The van der Waals surface area contributed by atoms with Gasteiger partial charge in [0.2, 0.25) is 0 Å². The van der Waals surface area contributed by atoms with Crippen molar-refractivity contribution in [1.82, 2.24) is 14.7 Å². The Labute approximate surface area is 114 Å². The minimum atomic E-state index is -0.220. The highest BCUT2D eigenvalue weighted by molar-refractivity contribution is 9.10. The summed E-state index contributed by atoms with van der Waals surface area (Å²) in [4.78, 5) is 2.12. The first kappa shape index (κ1) is 13.2. The Bertz CT molecular complexity index is 539. The van der Waals surface area contributed by atoms with Crippen LogP contribution >= 0.6 is 15.9 Å². The quantitative estimate of drug-likeness (QED) is 0.865. The molecule has 1 aromatic carbocycles. The molecule has 0 spiro atoms. The van der Waals surface area contributed by atoms with Gasteiger partial charge < -0.3 is 0 Å². The average molecular weight is 312 g/mol. The molecule has 5 heteroatoms. The summed E-state index contributed by atoms with van der Waals surface area (Å²) in [5.41, 5.74) is 2.09. The second kappa shape index (κ2) is 5.63. The lowest BCUT2D eigenvalue weighted by Gasteiger charge is -2.16. The van der Waals surface area contributed by atoms with E-state index < -0.39 is 0 Å². The van der Waals surface area contributed by atoms with Crippen molar-refractivity contribution in [3.05, 3.63) is 52.0 Å². The Morgan fingerprint density at radius 3 is 2.83 bits per heavy atom. The van der Waals surface area contributed by atoms with Gasteiger partial charge in [0.25, 0.3) is 0 Å². The Hall–Kier alpha value is -1.20. The van der Waals surface area contributed by atoms with Crippen LogP contribution in [0, 0.1) is 5.82 Å². The predicted molar refractivity (Wildman–Crippen MR) is 72.5 cm³/mol. The molecule has 0 aliphatic carbocycles. The zero-order valence-electron chi connectivity index (χ0n) is 10.4. The van der Waals surface area contributed by atoms with Crippen LogP contribution in [-0.4, -0.2) is 21.7 Å². The van der Waals surface area contributed by atoms with E-state index in [0.29, 0.717) is 11.0 Å². The maximum atomic E-state index is 13.4. The van der Waals surface area contributed by atoms with Gasteiger partial charge in [-0.1, -0.05) is 12.1 Å². The Morgan fingerprint density at radius 2 is 2.17 bits per heavy atom. The summed E-state index contributed by atoms with van der Waals surface area (Å²) in [7, 11) is 3.90. The number of aromatic nitrogens is 2. The van der Waals surface area contributed by atoms with Crippen molar-refractivity contribution in [2.45, 2.75) is 13.1 Å². The van der Waals surface area contributed by atoms with Gasteiger partial charge in [-0.2, -0.15) is 5.10 Å². The SMILES string of the molecule is CN(Cc1cnn(C)c1)Cc1cccc(F)c1Br. The Kier molecular flexibility index (Phi) is 4.14. The molecule has 0 fully saturated rings. The highest BCUT2D eigenvalue weighted by Crippen LogP contribution is 2.21. The van der Waals surface area contributed by atoms with Crippen LogP contribution in [0.15, 0.2) is 35.1 Å². The second-order valence-corrected chi connectivity index (χ2v) is 5.20. The Morgan fingerprint density at radius 1 is 1.39 bits per heavy atom. The standard InChI is InChI=1S/C13H15BrFN3/c1-17(7-10-6-16-18(2)8-10)9-11-4-3-5-12(15)13(11)14/h3-6,8H,7,9H2,1-2H3. The minimum Gasteiger partial charge on any atom is -0.298 e. The summed E-state index contributed by atoms with van der Waals surface area (Å²) in [6, 6.07) is 5.11. The van der Waals surface area contributed by atoms with Crippen molar-refractivity contribution in [2.75, 3.05) is 7.05 Å². The molecule has 0 bridgehead atoms. The lowest BCUT2D eigenvalue weighted by molar-refractivity contribution is 0.317. The molecule has 3 nitrogen and oxygen atoms in total. The summed E-state index contributed by atoms with van der Waals surface area (Å²) in [5.74, 6) is -0.220. The second-order valence-electron chi connectivity index (χ2n) is 4.41. The van der Waals surface area contributed by atoms with Crippen LogP contribution in [0.1, 0.15) is 11.1 Å². The van der Waals surface area contributed by atoms with E-state index in [1.807, 2.05) is 32.6 Å².